The average molecular weight is 732 g/mol. The van der Waals surface area contributed by atoms with Crippen molar-refractivity contribution in [1.82, 2.24) is 25.2 Å². The lowest BCUT2D eigenvalue weighted by molar-refractivity contribution is -0.144. The molecule has 4 amide bonds. The predicted octanol–water partition coefficient (Wildman–Crippen LogP) is 2.38. The van der Waals surface area contributed by atoms with Gasteiger partial charge in [-0.05, 0) is 71.1 Å². The summed E-state index contributed by atoms with van der Waals surface area (Å²) in [6.07, 6.45) is 3.04. The fourth-order valence-corrected chi connectivity index (χ4v) is 8.13. The van der Waals surface area contributed by atoms with Gasteiger partial charge in [0, 0.05) is 17.7 Å². The minimum absolute atomic E-state index is 0.0126. The van der Waals surface area contributed by atoms with Gasteiger partial charge in [-0.2, -0.15) is 0 Å². The molecule has 15 nitrogen and oxygen atoms in total. The number of benzene rings is 1. The van der Waals surface area contributed by atoms with E-state index in [0.717, 1.165) is 4.90 Å². The Hall–Kier alpha value is -4.51. The molecule has 1 aromatic carbocycles. The first kappa shape index (κ1) is 36.3. The zero-order valence-electron chi connectivity index (χ0n) is 28.7. The number of carboxylic acid groups (broad SMARTS) is 1. The van der Waals surface area contributed by atoms with E-state index in [9.17, 15) is 37.1 Å². The van der Waals surface area contributed by atoms with Crippen LogP contribution in [-0.2, 0) is 29.1 Å². The molecule has 7 atom stereocenters. The van der Waals surface area contributed by atoms with Crippen molar-refractivity contribution in [2.45, 2.75) is 100.0 Å². The van der Waals surface area contributed by atoms with Crippen molar-refractivity contribution >= 4 is 44.6 Å². The van der Waals surface area contributed by atoms with Crippen molar-refractivity contribution in [2.24, 2.45) is 5.92 Å². The van der Waals surface area contributed by atoms with Crippen LogP contribution in [0.1, 0.15) is 59.3 Å². The van der Waals surface area contributed by atoms with Gasteiger partial charge in [-0.15, -0.1) is 0 Å². The smallest absolute Gasteiger partial charge is 0.405 e. The molecule has 276 valence electrons. The number of rotatable bonds is 7. The van der Waals surface area contributed by atoms with Crippen molar-refractivity contribution in [3.63, 3.8) is 0 Å². The van der Waals surface area contributed by atoms with E-state index in [2.05, 4.69) is 20.3 Å². The molecule has 1 saturated heterocycles. The number of carbonyl (C=O) groups excluding carboxylic acids is 3. The minimum atomic E-state index is -4.04. The molecule has 0 radical (unpaired) electrons. The number of aromatic nitrogens is 1. The third kappa shape index (κ3) is 7.18. The van der Waals surface area contributed by atoms with Gasteiger partial charge in [0.05, 0.1) is 42.2 Å². The van der Waals surface area contributed by atoms with Crippen LogP contribution in [0.3, 0.4) is 0 Å². The topological polar surface area (TPSA) is 203 Å². The molecule has 0 bridgehead atoms. The summed E-state index contributed by atoms with van der Waals surface area (Å²) in [4.78, 5) is 59.6. The van der Waals surface area contributed by atoms with E-state index in [1.807, 2.05) is 6.08 Å². The van der Waals surface area contributed by atoms with Gasteiger partial charge in [-0.1, -0.05) is 12.2 Å². The molecule has 17 heteroatoms. The number of amides is 4. The molecule has 4 N–H and O–H groups in total. The number of nitrogens with one attached hydrogen (secondary N) is 3. The molecule has 2 aliphatic heterocycles. The number of nitrogens with zero attached hydrogens (tertiary/aromatic N) is 2. The van der Waals surface area contributed by atoms with E-state index in [4.69, 9.17) is 14.2 Å². The summed E-state index contributed by atoms with van der Waals surface area (Å²) in [6, 6.07) is 1.27. The first-order valence-corrected chi connectivity index (χ1v) is 18.4. The Morgan fingerprint density at radius 1 is 1.20 bits per heavy atom. The van der Waals surface area contributed by atoms with Crippen LogP contribution < -0.4 is 24.8 Å². The van der Waals surface area contributed by atoms with Gasteiger partial charge in [-0.25, -0.2) is 22.6 Å². The van der Waals surface area contributed by atoms with Gasteiger partial charge in [0.25, 0.3) is 5.91 Å². The van der Waals surface area contributed by atoms with E-state index in [0.29, 0.717) is 36.8 Å². The number of ether oxygens (including phenoxy) is 3. The second kappa shape index (κ2) is 13.6. The molecule has 0 unspecified atom stereocenters. The van der Waals surface area contributed by atoms with Crippen LogP contribution in [0.15, 0.2) is 36.5 Å². The number of fused-ring (bicyclic) bond motifs is 3. The lowest BCUT2D eigenvalue weighted by atomic mass is 10.1. The number of methoxy groups -OCH3 is 1. The SMILES string of the molecule is COc1cnc(O[C@@H]2C[C@H]3C(=O)N[C@]4(C(=O)NS(=O)(=O)C5(C)CC5)C[C@H]4/C=C\CC[C@@H](C)O[C@@H](C)[C@H](NC(=O)O)C(=O)N3C2)c2cc(F)ccc12. The Balaban J connectivity index is 1.35. The number of halogens is 1. The quantitative estimate of drug-likeness (QED) is 0.305. The van der Waals surface area contributed by atoms with Gasteiger partial charge in [0.1, 0.15) is 35.3 Å². The monoisotopic (exact) mass is 731 g/mol. The van der Waals surface area contributed by atoms with Crippen molar-refractivity contribution in [3.05, 3.63) is 42.4 Å². The first-order chi connectivity index (χ1) is 24.1. The highest BCUT2D eigenvalue weighted by Crippen LogP contribution is 2.47. The van der Waals surface area contributed by atoms with E-state index < -0.39 is 86.3 Å². The highest BCUT2D eigenvalue weighted by Gasteiger charge is 2.63. The third-order valence-electron chi connectivity index (χ3n) is 10.3. The fourth-order valence-electron chi connectivity index (χ4n) is 6.82. The van der Waals surface area contributed by atoms with Crippen LogP contribution in [0.4, 0.5) is 9.18 Å². The molecule has 2 aliphatic carbocycles. The normalized spacial score (nSPS) is 31.2. The maximum Gasteiger partial charge on any atom is 0.405 e. The maximum absolute atomic E-state index is 14.4. The Morgan fingerprint density at radius 2 is 1.94 bits per heavy atom. The Kier molecular flexibility index (Phi) is 9.65. The van der Waals surface area contributed by atoms with Crippen molar-refractivity contribution in [3.8, 4) is 11.6 Å². The molecule has 6 rings (SSSR count). The van der Waals surface area contributed by atoms with E-state index in [-0.39, 0.29) is 30.7 Å². The van der Waals surface area contributed by atoms with Crippen LogP contribution in [0.2, 0.25) is 0 Å². The van der Waals surface area contributed by atoms with Gasteiger partial charge >= 0.3 is 6.09 Å². The number of hydrogen-bond donors (Lipinski definition) is 4. The summed E-state index contributed by atoms with van der Waals surface area (Å²) in [6.45, 7) is 4.67. The molecular formula is C34H42FN5O10S. The first-order valence-electron chi connectivity index (χ1n) is 16.9. The Morgan fingerprint density at radius 3 is 2.63 bits per heavy atom. The third-order valence-corrected chi connectivity index (χ3v) is 12.4. The van der Waals surface area contributed by atoms with Crippen LogP contribution in [0.5, 0.6) is 11.6 Å². The predicted molar refractivity (Wildman–Crippen MR) is 180 cm³/mol. The fraction of sp³-hybridized carbons (Fsp3) is 0.559. The molecule has 2 aromatic rings. The molecule has 4 aliphatic rings. The van der Waals surface area contributed by atoms with E-state index >= 15 is 0 Å². The second-order valence-electron chi connectivity index (χ2n) is 14.0. The van der Waals surface area contributed by atoms with Gasteiger partial charge in [-0.3, -0.25) is 19.1 Å². The molecule has 0 spiro atoms. The number of hydrogen-bond acceptors (Lipinski definition) is 10. The zero-order valence-corrected chi connectivity index (χ0v) is 29.5. The minimum Gasteiger partial charge on any atom is -0.494 e. The maximum atomic E-state index is 14.4. The second-order valence-corrected chi connectivity index (χ2v) is 16.2. The van der Waals surface area contributed by atoms with Crippen LogP contribution in [-0.4, -0.2) is 102 Å². The highest BCUT2D eigenvalue weighted by atomic mass is 32.2. The summed E-state index contributed by atoms with van der Waals surface area (Å²) < 4.78 is 59.2. The van der Waals surface area contributed by atoms with Crippen LogP contribution >= 0.6 is 0 Å². The van der Waals surface area contributed by atoms with Crippen LogP contribution in [0, 0.1) is 11.7 Å². The molecule has 1 aromatic heterocycles. The standard InChI is InChI=1S/C34H42FN5O10S/c1-18-7-5-6-8-20-15-34(20,31(43)39-51(46,47)33(3)11-12-33)38-28(41)25-14-22(17-40(25)30(42)27(19(2)49-18)37-32(44)45)50-29-24-13-21(35)9-10-23(24)26(48-4)16-36-29/h6,8-10,13,16,18-20,22,25,27,37H,5,7,11-12,14-15,17H2,1-4H3,(H,38,41)(H,39,43)(H,44,45)/b8-6-/t18-,19+,20-,22-,25+,27+,34-/m1/s1. The highest BCUT2D eigenvalue weighted by molar-refractivity contribution is 7.91. The van der Waals surface area contributed by atoms with Crippen molar-refractivity contribution in [1.29, 1.82) is 0 Å². The summed E-state index contributed by atoms with van der Waals surface area (Å²) in [5, 5.41) is 15.5. The summed E-state index contributed by atoms with van der Waals surface area (Å²) in [5.74, 6) is -3.13. The molecule has 3 fully saturated rings. The van der Waals surface area contributed by atoms with Gasteiger partial charge < -0.3 is 34.9 Å². The summed E-state index contributed by atoms with van der Waals surface area (Å²) in [5.41, 5.74) is -1.61. The Bertz CT molecular complexity index is 1890. The molecule has 2 saturated carbocycles. The Labute approximate surface area is 294 Å². The van der Waals surface area contributed by atoms with Crippen molar-refractivity contribution in [2.75, 3.05) is 13.7 Å². The zero-order chi connectivity index (χ0) is 36.9. The summed E-state index contributed by atoms with van der Waals surface area (Å²) in [7, 11) is -2.60. The lowest BCUT2D eigenvalue weighted by Gasteiger charge is -2.32. The number of sulfonamides is 1. The molecular weight excluding hydrogens is 689 g/mol. The number of pyridine rings is 1. The molecule has 3 heterocycles. The van der Waals surface area contributed by atoms with E-state index in [1.54, 1.807) is 26.8 Å². The summed E-state index contributed by atoms with van der Waals surface area (Å²) >= 11 is 0. The van der Waals surface area contributed by atoms with Crippen LogP contribution in [0.25, 0.3) is 10.8 Å². The molecule has 51 heavy (non-hydrogen) atoms. The largest absolute Gasteiger partial charge is 0.494 e. The lowest BCUT2D eigenvalue weighted by Crippen LogP contribution is -2.60. The number of carbonyl (C=O) groups is 4. The van der Waals surface area contributed by atoms with E-state index in [1.165, 1.54) is 31.5 Å². The average Bonchev–Trinajstić information content (AvgIpc) is 3.95. The van der Waals surface area contributed by atoms with Gasteiger partial charge in [0.15, 0.2) is 0 Å². The number of allylic oxidation sites excluding steroid dienone is 1. The van der Waals surface area contributed by atoms with Gasteiger partial charge in [0.2, 0.25) is 27.7 Å². The van der Waals surface area contributed by atoms with Crippen molar-refractivity contribution < 1.29 is 51.3 Å².